The average molecular weight is 368 g/mol. The van der Waals surface area contributed by atoms with E-state index >= 15 is 0 Å². The van der Waals surface area contributed by atoms with Gasteiger partial charge in [-0.15, -0.1) is 0 Å². The van der Waals surface area contributed by atoms with Crippen LogP contribution >= 0.6 is 23.8 Å². The summed E-state index contributed by atoms with van der Waals surface area (Å²) >= 11 is 10.9. The fourth-order valence-corrected chi connectivity index (χ4v) is 2.55. The number of nitrogens with zero attached hydrogens (tertiary/aromatic N) is 1. The molecular weight excluding hydrogens is 354 g/mol. The molecular formula is C19H14ClN3OS. The number of pyridine rings is 1. The first-order valence-corrected chi connectivity index (χ1v) is 8.30. The fourth-order valence-electron chi connectivity index (χ4n) is 2.23. The molecule has 2 N–H and O–H groups in total. The maximum absolute atomic E-state index is 12.3. The molecule has 1 amide bonds. The fraction of sp³-hybridized carbons (Fsp3) is 0. The zero-order valence-corrected chi connectivity index (χ0v) is 14.6. The van der Waals surface area contributed by atoms with Crippen LogP contribution in [0, 0.1) is 0 Å². The molecule has 0 fully saturated rings. The van der Waals surface area contributed by atoms with Crippen LogP contribution in [0.2, 0.25) is 5.15 Å². The van der Waals surface area contributed by atoms with E-state index in [0.717, 1.165) is 11.1 Å². The standard InChI is InChI=1S/C19H14ClN3OS/c20-17-11-10-16(12-21-17)22-19(25)23-18(24)15-8-6-14(7-9-15)13-4-2-1-3-5-13/h1-12H,(H2,22,23,24,25). The summed E-state index contributed by atoms with van der Waals surface area (Å²) in [5, 5.41) is 6.11. The summed E-state index contributed by atoms with van der Waals surface area (Å²) in [4.78, 5) is 16.2. The number of hydrogen-bond acceptors (Lipinski definition) is 3. The van der Waals surface area contributed by atoms with Crippen LogP contribution in [0.25, 0.3) is 11.1 Å². The van der Waals surface area contributed by atoms with Gasteiger partial charge >= 0.3 is 0 Å². The SMILES string of the molecule is O=C(NC(=S)Nc1ccc(Cl)nc1)c1ccc(-c2ccccc2)cc1. The van der Waals surface area contributed by atoms with Crippen molar-refractivity contribution in [2.45, 2.75) is 0 Å². The van der Waals surface area contributed by atoms with Crippen LogP contribution in [0.4, 0.5) is 5.69 Å². The van der Waals surface area contributed by atoms with Crippen LogP contribution in [0.15, 0.2) is 72.9 Å². The molecule has 6 heteroatoms. The Morgan fingerprint density at radius 1 is 0.920 bits per heavy atom. The van der Waals surface area contributed by atoms with Crippen molar-refractivity contribution in [3.63, 3.8) is 0 Å². The minimum Gasteiger partial charge on any atom is -0.331 e. The smallest absolute Gasteiger partial charge is 0.257 e. The van der Waals surface area contributed by atoms with Crippen molar-refractivity contribution >= 4 is 40.5 Å². The summed E-state index contributed by atoms with van der Waals surface area (Å²) in [6, 6.07) is 20.7. The van der Waals surface area contributed by atoms with E-state index in [0.29, 0.717) is 16.4 Å². The Morgan fingerprint density at radius 3 is 2.24 bits per heavy atom. The van der Waals surface area contributed by atoms with Crippen molar-refractivity contribution in [1.82, 2.24) is 10.3 Å². The van der Waals surface area contributed by atoms with Crippen LogP contribution in [-0.2, 0) is 0 Å². The van der Waals surface area contributed by atoms with Crippen LogP contribution in [0.5, 0.6) is 0 Å². The van der Waals surface area contributed by atoms with Crippen molar-refractivity contribution in [2.24, 2.45) is 0 Å². The second-order valence-corrected chi connectivity index (χ2v) is 6.02. The predicted octanol–water partition coefficient (Wildman–Crippen LogP) is 4.53. The van der Waals surface area contributed by atoms with Crippen LogP contribution < -0.4 is 10.6 Å². The molecule has 0 saturated heterocycles. The quantitative estimate of drug-likeness (QED) is 0.527. The first-order valence-electron chi connectivity index (χ1n) is 7.51. The van der Waals surface area contributed by atoms with E-state index in [-0.39, 0.29) is 11.0 Å². The second-order valence-electron chi connectivity index (χ2n) is 5.22. The molecule has 3 aromatic rings. The summed E-state index contributed by atoms with van der Waals surface area (Å²) in [5.74, 6) is -0.279. The number of benzene rings is 2. The van der Waals surface area contributed by atoms with Crippen molar-refractivity contribution in [3.05, 3.63) is 83.6 Å². The number of rotatable bonds is 3. The number of nitrogens with one attached hydrogen (secondary N) is 2. The molecule has 1 heterocycles. The Hall–Kier alpha value is -2.76. The lowest BCUT2D eigenvalue weighted by Crippen LogP contribution is -2.34. The van der Waals surface area contributed by atoms with Crippen LogP contribution in [0.1, 0.15) is 10.4 Å². The minimum absolute atomic E-state index is 0.196. The van der Waals surface area contributed by atoms with E-state index in [1.54, 1.807) is 24.3 Å². The molecule has 1 aromatic heterocycles. The van der Waals surface area contributed by atoms with Gasteiger partial charge in [-0.1, -0.05) is 54.1 Å². The molecule has 0 unspecified atom stereocenters. The zero-order chi connectivity index (χ0) is 17.6. The Balaban J connectivity index is 1.63. The average Bonchev–Trinajstić information content (AvgIpc) is 2.64. The molecule has 0 saturated carbocycles. The lowest BCUT2D eigenvalue weighted by Gasteiger charge is -2.10. The summed E-state index contributed by atoms with van der Waals surface area (Å²) in [6.07, 6.45) is 1.54. The molecule has 0 bridgehead atoms. The van der Waals surface area contributed by atoms with Crippen molar-refractivity contribution in [2.75, 3.05) is 5.32 Å². The highest BCUT2D eigenvalue weighted by molar-refractivity contribution is 7.80. The monoisotopic (exact) mass is 367 g/mol. The summed E-state index contributed by atoms with van der Waals surface area (Å²) in [5.41, 5.74) is 3.32. The number of amides is 1. The van der Waals surface area contributed by atoms with Gasteiger partial charge in [-0.2, -0.15) is 0 Å². The maximum atomic E-state index is 12.3. The van der Waals surface area contributed by atoms with Gasteiger partial charge < -0.3 is 5.32 Å². The maximum Gasteiger partial charge on any atom is 0.257 e. The minimum atomic E-state index is -0.279. The molecule has 0 aliphatic carbocycles. The molecule has 0 radical (unpaired) electrons. The van der Waals surface area contributed by atoms with Gasteiger partial charge in [-0.05, 0) is 47.6 Å². The van der Waals surface area contributed by atoms with Gasteiger partial charge in [0.05, 0.1) is 11.9 Å². The third-order valence-corrected chi connectivity index (χ3v) is 3.89. The third kappa shape index (κ3) is 4.62. The molecule has 0 aliphatic heterocycles. The number of carbonyl (C=O) groups excluding carboxylic acids is 1. The second kappa shape index (κ2) is 7.88. The van der Waals surface area contributed by atoms with Gasteiger partial charge in [-0.3, -0.25) is 10.1 Å². The van der Waals surface area contributed by atoms with Gasteiger partial charge in [0.2, 0.25) is 0 Å². The number of thiocarbonyl (C=S) groups is 1. The highest BCUT2D eigenvalue weighted by Gasteiger charge is 2.08. The topological polar surface area (TPSA) is 54.0 Å². The largest absolute Gasteiger partial charge is 0.331 e. The van der Waals surface area contributed by atoms with Crippen molar-refractivity contribution < 1.29 is 4.79 Å². The number of halogens is 1. The molecule has 2 aromatic carbocycles. The Morgan fingerprint density at radius 2 is 1.60 bits per heavy atom. The first kappa shape index (κ1) is 17.1. The van der Waals surface area contributed by atoms with E-state index in [1.165, 1.54) is 6.20 Å². The molecule has 25 heavy (non-hydrogen) atoms. The number of hydrogen-bond donors (Lipinski definition) is 2. The summed E-state index contributed by atoms with van der Waals surface area (Å²) < 4.78 is 0. The Bertz CT molecular complexity index is 881. The highest BCUT2D eigenvalue weighted by atomic mass is 35.5. The predicted molar refractivity (Wildman–Crippen MR) is 105 cm³/mol. The van der Waals surface area contributed by atoms with Crippen molar-refractivity contribution in [1.29, 1.82) is 0 Å². The van der Waals surface area contributed by atoms with E-state index in [1.807, 2.05) is 42.5 Å². The third-order valence-electron chi connectivity index (χ3n) is 3.47. The van der Waals surface area contributed by atoms with E-state index < -0.39 is 0 Å². The molecule has 4 nitrogen and oxygen atoms in total. The molecule has 0 spiro atoms. The lowest BCUT2D eigenvalue weighted by atomic mass is 10.0. The lowest BCUT2D eigenvalue weighted by molar-refractivity contribution is 0.0978. The van der Waals surface area contributed by atoms with Gasteiger partial charge in [0.25, 0.3) is 5.91 Å². The number of aromatic nitrogens is 1. The van der Waals surface area contributed by atoms with E-state index in [9.17, 15) is 4.79 Å². The number of anilines is 1. The summed E-state index contributed by atoms with van der Waals surface area (Å²) in [7, 11) is 0. The van der Waals surface area contributed by atoms with Crippen molar-refractivity contribution in [3.8, 4) is 11.1 Å². The highest BCUT2D eigenvalue weighted by Crippen LogP contribution is 2.19. The van der Waals surface area contributed by atoms with E-state index in [2.05, 4.69) is 15.6 Å². The molecule has 3 rings (SSSR count). The van der Waals surface area contributed by atoms with E-state index in [4.69, 9.17) is 23.8 Å². The van der Waals surface area contributed by atoms with Crippen LogP contribution in [-0.4, -0.2) is 16.0 Å². The zero-order valence-electron chi connectivity index (χ0n) is 13.1. The van der Waals surface area contributed by atoms with Gasteiger partial charge in [0.1, 0.15) is 5.15 Å². The molecule has 0 atom stereocenters. The molecule has 124 valence electrons. The number of carbonyl (C=O) groups is 1. The van der Waals surface area contributed by atoms with Gasteiger partial charge in [0.15, 0.2) is 5.11 Å². The Labute approximate surface area is 155 Å². The van der Waals surface area contributed by atoms with Crippen LogP contribution in [0.3, 0.4) is 0 Å². The van der Waals surface area contributed by atoms with Gasteiger partial charge in [0, 0.05) is 5.56 Å². The van der Waals surface area contributed by atoms with Gasteiger partial charge in [-0.25, -0.2) is 4.98 Å². The molecule has 0 aliphatic rings. The first-order chi connectivity index (χ1) is 12.1. The normalized spacial score (nSPS) is 10.1. The Kier molecular flexibility index (Phi) is 5.38. The summed E-state index contributed by atoms with van der Waals surface area (Å²) in [6.45, 7) is 0.